The molecular weight excluding hydrogens is 300 g/mol. The van der Waals surface area contributed by atoms with Crippen molar-refractivity contribution >= 4 is 17.5 Å². The van der Waals surface area contributed by atoms with E-state index in [2.05, 4.69) is 10.3 Å². The quantitative estimate of drug-likeness (QED) is 0.874. The van der Waals surface area contributed by atoms with E-state index in [0.29, 0.717) is 16.5 Å². The molecule has 1 aliphatic heterocycles. The Bertz CT molecular complexity index is 648. The number of amides is 1. The number of likely N-dealkylation sites (tertiary alicyclic amines) is 1. The van der Waals surface area contributed by atoms with Crippen LogP contribution in [0.25, 0.3) is 0 Å². The monoisotopic (exact) mass is 318 g/mol. The van der Waals surface area contributed by atoms with Crippen molar-refractivity contribution in [3.8, 4) is 0 Å². The van der Waals surface area contributed by atoms with Crippen molar-refractivity contribution in [1.82, 2.24) is 19.9 Å². The maximum Gasteiger partial charge on any atom is 0.253 e. The minimum Gasteiger partial charge on any atom is -0.339 e. The summed E-state index contributed by atoms with van der Waals surface area (Å²) < 4.78 is 1.86. The number of benzene rings is 1. The standard InChI is InChI=1S/C16H19ClN4O/c1-12-2-3-14(10-15(12)17)16(22)20-7-4-13(5-8-20)11-21-9-6-18-19-21/h2-3,6,9-10,13H,4-5,7-8,11H2,1H3. The fourth-order valence-corrected chi connectivity index (χ4v) is 3.00. The van der Waals surface area contributed by atoms with Gasteiger partial charge in [0, 0.05) is 36.4 Å². The van der Waals surface area contributed by atoms with Crippen LogP contribution in [0.5, 0.6) is 0 Å². The average Bonchev–Trinajstić information content (AvgIpc) is 3.03. The molecule has 5 nitrogen and oxygen atoms in total. The largest absolute Gasteiger partial charge is 0.339 e. The van der Waals surface area contributed by atoms with E-state index >= 15 is 0 Å². The Kier molecular flexibility index (Phi) is 4.43. The predicted molar refractivity (Wildman–Crippen MR) is 84.8 cm³/mol. The van der Waals surface area contributed by atoms with E-state index in [9.17, 15) is 4.79 Å². The van der Waals surface area contributed by atoms with Crippen LogP contribution < -0.4 is 0 Å². The highest BCUT2D eigenvalue weighted by atomic mass is 35.5. The van der Waals surface area contributed by atoms with Gasteiger partial charge in [-0.25, -0.2) is 0 Å². The number of carbonyl (C=O) groups is 1. The molecule has 0 N–H and O–H groups in total. The molecule has 0 aliphatic carbocycles. The zero-order chi connectivity index (χ0) is 15.5. The van der Waals surface area contributed by atoms with Gasteiger partial charge < -0.3 is 4.90 Å². The van der Waals surface area contributed by atoms with Crippen LogP contribution in [0.3, 0.4) is 0 Å². The first-order valence-electron chi connectivity index (χ1n) is 7.53. The molecule has 1 aromatic carbocycles. The van der Waals surface area contributed by atoms with E-state index in [-0.39, 0.29) is 5.91 Å². The highest BCUT2D eigenvalue weighted by Gasteiger charge is 2.24. The normalized spacial score (nSPS) is 16.0. The Morgan fingerprint density at radius 2 is 2.14 bits per heavy atom. The van der Waals surface area contributed by atoms with E-state index in [0.717, 1.165) is 38.0 Å². The molecule has 0 atom stereocenters. The van der Waals surface area contributed by atoms with E-state index in [4.69, 9.17) is 11.6 Å². The number of piperidine rings is 1. The summed E-state index contributed by atoms with van der Waals surface area (Å²) in [6, 6.07) is 5.51. The molecule has 0 bridgehead atoms. The first-order chi connectivity index (χ1) is 10.6. The third-order valence-corrected chi connectivity index (χ3v) is 4.64. The van der Waals surface area contributed by atoms with E-state index < -0.39 is 0 Å². The summed E-state index contributed by atoms with van der Waals surface area (Å²) in [5, 5.41) is 8.47. The van der Waals surface area contributed by atoms with Gasteiger partial charge in [-0.1, -0.05) is 22.9 Å². The molecule has 6 heteroatoms. The highest BCUT2D eigenvalue weighted by molar-refractivity contribution is 6.31. The van der Waals surface area contributed by atoms with Gasteiger partial charge in [-0.2, -0.15) is 0 Å². The molecule has 116 valence electrons. The molecule has 1 fully saturated rings. The summed E-state index contributed by atoms with van der Waals surface area (Å²) >= 11 is 6.11. The van der Waals surface area contributed by atoms with Crippen LogP contribution in [-0.4, -0.2) is 38.9 Å². The number of rotatable bonds is 3. The average molecular weight is 319 g/mol. The third kappa shape index (κ3) is 3.30. The molecule has 0 spiro atoms. The smallest absolute Gasteiger partial charge is 0.253 e. The molecule has 22 heavy (non-hydrogen) atoms. The van der Waals surface area contributed by atoms with Gasteiger partial charge in [0.05, 0.1) is 6.20 Å². The summed E-state index contributed by atoms with van der Waals surface area (Å²) in [4.78, 5) is 14.4. The number of aryl methyl sites for hydroxylation is 1. The van der Waals surface area contributed by atoms with Gasteiger partial charge in [-0.05, 0) is 43.4 Å². The maximum absolute atomic E-state index is 12.5. The summed E-state index contributed by atoms with van der Waals surface area (Å²) in [5.74, 6) is 0.619. The lowest BCUT2D eigenvalue weighted by Gasteiger charge is -2.32. The van der Waals surface area contributed by atoms with Crippen molar-refractivity contribution in [2.75, 3.05) is 13.1 Å². The maximum atomic E-state index is 12.5. The molecule has 0 unspecified atom stereocenters. The number of hydrogen-bond donors (Lipinski definition) is 0. The fourth-order valence-electron chi connectivity index (χ4n) is 2.82. The second-order valence-electron chi connectivity index (χ2n) is 5.82. The van der Waals surface area contributed by atoms with Crippen molar-refractivity contribution in [3.05, 3.63) is 46.7 Å². The van der Waals surface area contributed by atoms with Crippen molar-refractivity contribution in [2.45, 2.75) is 26.3 Å². The van der Waals surface area contributed by atoms with Crippen LogP contribution in [0.1, 0.15) is 28.8 Å². The van der Waals surface area contributed by atoms with Gasteiger partial charge in [-0.15, -0.1) is 5.10 Å². The molecule has 1 aliphatic rings. The topological polar surface area (TPSA) is 51.0 Å². The molecule has 0 radical (unpaired) electrons. The van der Waals surface area contributed by atoms with Gasteiger partial charge in [0.15, 0.2) is 0 Å². The van der Waals surface area contributed by atoms with Crippen LogP contribution in [-0.2, 0) is 6.54 Å². The molecular formula is C16H19ClN4O. The minimum absolute atomic E-state index is 0.0705. The molecule has 3 rings (SSSR count). The van der Waals surface area contributed by atoms with Crippen molar-refractivity contribution in [3.63, 3.8) is 0 Å². The number of aromatic nitrogens is 3. The van der Waals surface area contributed by atoms with Crippen molar-refractivity contribution in [2.24, 2.45) is 5.92 Å². The van der Waals surface area contributed by atoms with Gasteiger partial charge in [0.25, 0.3) is 5.91 Å². The van der Waals surface area contributed by atoms with Crippen molar-refractivity contribution < 1.29 is 4.79 Å². The number of hydrogen-bond acceptors (Lipinski definition) is 3. The first-order valence-corrected chi connectivity index (χ1v) is 7.91. The second kappa shape index (κ2) is 6.48. The van der Waals surface area contributed by atoms with Crippen LogP contribution in [0, 0.1) is 12.8 Å². The molecule has 1 aromatic heterocycles. The Morgan fingerprint density at radius 3 is 2.77 bits per heavy atom. The van der Waals surface area contributed by atoms with Crippen LogP contribution in [0.15, 0.2) is 30.6 Å². The van der Waals surface area contributed by atoms with E-state index in [1.165, 1.54) is 0 Å². The van der Waals surface area contributed by atoms with Crippen LogP contribution in [0.2, 0.25) is 5.02 Å². The zero-order valence-corrected chi connectivity index (χ0v) is 13.3. The second-order valence-corrected chi connectivity index (χ2v) is 6.23. The Labute approximate surface area is 134 Å². The molecule has 2 aromatic rings. The lowest BCUT2D eigenvalue weighted by Crippen LogP contribution is -2.39. The molecule has 0 saturated carbocycles. The Morgan fingerprint density at radius 1 is 1.36 bits per heavy atom. The minimum atomic E-state index is 0.0705. The van der Waals surface area contributed by atoms with E-state index in [1.807, 2.05) is 34.8 Å². The number of carbonyl (C=O) groups excluding carboxylic acids is 1. The third-order valence-electron chi connectivity index (χ3n) is 4.24. The van der Waals surface area contributed by atoms with Crippen LogP contribution >= 0.6 is 11.6 Å². The fraction of sp³-hybridized carbons (Fsp3) is 0.438. The lowest BCUT2D eigenvalue weighted by molar-refractivity contribution is 0.0681. The summed E-state index contributed by atoms with van der Waals surface area (Å²) in [5.41, 5.74) is 1.66. The summed E-state index contributed by atoms with van der Waals surface area (Å²) in [6.07, 6.45) is 5.56. The zero-order valence-electron chi connectivity index (χ0n) is 12.6. The Hall–Kier alpha value is -1.88. The highest BCUT2D eigenvalue weighted by Crippen LogP contribution is 2.22. The van der Waals surface area contributed by atoms with Gasteiger partial charge in [0.1, 0.15) is 0 Å². The lowest BCUT2D eigenvalue weighted by atomic mass is 9.96. The first kappa shape index (κ1) is 15.0. The molecule has 2 heterocycles. The van der Waals surface area contributed by atoms with Crippen molar-refractivity contribution in [1.29, 1.82) is 0 Å². The SMILES string of the molecule is Cc1ccc(C(=O)N2CCC(Cn3ccnn3)CC2)cc1Cl. The molecule has 1 saturated heterocycles. The number of nitrogens with zero attached hydrogens (tertiary/aromatic N) is 4. The van der Waals surface area contributed by atoms with Gasteiger partial charge in [-0.3, -0.25) is 9.48 Å². The Balaban J connectivity index is 1.58. The summed E-state index contributed by atoms with van der Waals surface area (Å²) in [7, 11) is 0. The van der Waals surface area contributed by atoms with Gasteiger partial charge in [0.2, 0.25) is 0 Å². The van der Waals surface area contributed by atoms with E-state index in [1.54, 1.807) is 12.3 Å². The van der Waals surface area contributed by atoms with Gasteiger partial charge >= 0.3 is 0 Å². The predicted octanol–water partition coefficient (Wildman–Crippen LogP) is 2.79. The van der Waals surface area contributed by atoms with Crippen LogP contribution in [0.4, 0.5) is 0 Å². The summed E-state index contributed by atoms with van der Waals surface area (Å²) in [6.45, 7) is 4.37. The number of halogens is 1. The molecule has 1 amide bonds.